The number of anilines is 2. The van der Waals surface area contributed by atoms with Gasteiger partial charge in [0.15, 0.2) is 5.16 Å². The highest BCUT2D eigenvalue weighted by Gasteiger charge is 2.19. The Morgan fingerprint density at radius 2 is 2.04 bits per heavy atom. The normalized spacial score (nSPS) is 11.7. The molecule has 27 heavy (non-hydrogen) atoms. The molecule has 3 aromatic rings. The zero-order valence-electron chi connectivity index (χ0n) is 14.3. The summed E-state index contributed by atoms with van der Waals surface area (Å²) in [7, 11) is 0. The third-order valence-corrected chi connectivity index (χ3v) is 5.02. The number of benzene rings is 2. The van der Waals surface area contributed by atoms with Crippen molar-refractivity contribution in [1.29, 1.82) is 5.26 Å². The Balaban J connectivity index is 2.03. The zero-order valence-corrected chi connectivity index (χ0v) is 15.1. The fraction of sp³-hybridized carbons (Fsp3) is 0.158. The second-order valence-corrected chi connectivity index (χ2v) is 6.85. The molecule has 0 fully saturated rings. The molecule has 0 aliphatic rings. The highest BCUT2D eigenvalue weighted by molar-refractivity contribution is 8.00. The Labute approximate surface area is 159 Å². The number of carboxylic acid groups (broad SMARTS) is 1. The molecule has 6 nitrogen and oxygen atoms in total. The van der Waals surface area contributed by atoms with Gasteiger partial charge in [0, 0.05) is 17.1 Å². The van der Waals surface area contributed by atoms with Gasteiger partial charge in [-0.25, -0.2) is 14.4 Å². The van der Waals surface area contributed by atoms with Gasteiger partial charge in [0.2, 0.25) is 0 Å². The first kappa shape index (κ1) is 18.6. The number of nitrogens with zero attached hydrogens (tertiary/aromatic N) is 3. The first-order valence-corrected chi connectivity index (χ1v) is 9.02. The van der Waals surface area contributed by atoms with E-state index in [-0.39, 0.29) is 5.16 Å². The van der Waals surface area contributed by atoms with Crippen LogP contribution in [0.1, 0.15) is 18.9 Å². The van der Waals surface area contributed by atoms with Crippen molar-refractivity contribution in [3.8, 4) is 6.07 Å². The van der Waals surface area contributed by atoms with Crippen LogP contribution in [0.2, 0.25) is 0 Å². The van der Waals surface area contributed by atoms with Gasteiger partial charge < -0.3 is 10.4 Å². The van der Waals surface area contributed by atoms with Crippen LogP contribution in [0.4, 0.5) is 15.9 Å². The Kier molecular flexibility index (Phi) is 5.52. The number of fused-ring (bicyclic) bond motifs is 1. The van der Waals surface area contributed by atoms with Crippen molar-refractivity contribution in [3.63, 3.8) is 0 Å². The summed E-state index contributed by atoms with van der Waals surface area (Å²) in [5, 5.41) is 21.5. The second kappa shape index (κ2) is 8.01. The summed E-state index contributed by atoms with van der Waals surface area (Å²) in [5.74, 6) is -0.953. The van der Waals surface area contributed by atoms with Crippen LogP contribution in [0.3, 0.4) is 0 Å². The van der Waals surface area contributed by atoms with E-state index in [9.17, 15) is 14.3 Å². The van der Waals surface area contributed by atoms with Crippen LogP contribution in [-0.2, 0) is 4.79 Å². The lowest BCUT2D eigenvalue weighted by Crippen LogP contribution is -2.15. The summed E-state index contributed by atoms with van der Waals surface area (Å²) < 4.78 is 13.7. The van der Waals surface area contributed by atoms with Crippen LogP contribution < -0.4 is 5.32 Å². The topological polar surface area (TPSA) is 98.9 Å². The van der Waals surface area contributed by atoms with E-state index in [4.69, 9.17) is 5.26 Å². The first-order chi connectivity index (χ1) is 13.0. The molecule has 1 heterocycles. The largest absolute Gasteiger partial charge is 0.480 e. The van der Waals surface area contributed by atoms with E-state index in [1.165, 1.54) is 12.1 Å². The highest BCUT2D eigenvalue weighted by atomic mass is 32.2. The fourth-order valence-corrected chi connectivity index (χ4v) is 3.25. The number of aliphatic carboxylic acids is 1. The molecule has 0 spiro atoms. The Morgan fingerprint density at radius 1 is 1.30 bits per heavy atom. The summed E-state index contributed by atoms with van der Waals surface area (Å²) in [5.41, 5.74) is 1.60. The SMILES string of the molecule is CCC(Sc1nc(Nc2ccc(C#N)cc2)c2ccc(F)cc2n1)C(=O)O. The fourth-order valence-electron chi connectivity index (χ4n) is 2.43. The van der Waals surface area contributed by atoms with E-state index in [1.54, 1.807) is 37.3 Å². The predicted octanol–water partition coefficient (Wildman–Crippen LogP) is 4.34. The van der Waals surface area contributed by atoms with Gasteiger partial charge in [0.05, 0.1) is 17.1 Å². The van der Waals surface area contributed by atoms with Crippen LogP contribution in [0, 0.1) is 17.1 Å². The minimum absolute atomic E-state index is 0.249. The van der Waals surface area contributed by atoms with Gasteiger partial charge in [0.25, 0.3) is 0 Å². The Hall–Kier alpha value is -3.18. The second-order valence-electron chi connectivity index (χ2n) is 5.68. The zero-order chi connectivity index (χ0) is 19.4. The number of nitriles is 1. The molecule has 2 aromatic carbocycles. The molecule has 0 bridgehead atoms. The summed E-state index contributed by atoms with van der Waals surface area (Å²) in [6.45, 7) is 1.77. The lowest BCUT2D eigenvalue weighted by atomic mass is 10.2. The Morgan fingerprint density at radius 3 is 2.67 bits per heavy atom. The molecular formula is C19H15FN4O2S. The smallest absolute Gasteiger partial charge is 0.317 e. The quantitative estimate of drug-likeness (QED) is 0.483. The van der Waals surface area contributed by atoms with E-state index in [2.05, 4.69) is 15.3 Å². The maximum atomic E-state index is 13.7. The molecule has 3 rings (SSSR count). The van der Waals surface area contributed by atoms with Crippen LogP contribution >= 0.6 is 11.8 Å². The monoisotopic (exact) mass is 382 g/mol. The average Bonchev–Trinajstić information content (AvgIpc) is 2.66. The van der Waals surface area contributed by atoms with Crippen molar-refractivity contribution in [2.45, 2.75) is 23.8 Å². The number of rotatable bonds is 6. The number of nitrogens with one attached hydrogen (secondary N) is 1. The molecule has 1 unspecified atom stereocenters. The first-order valence-electron chi connectivity index (χ1n) is 8.14. The van der Waals surface area contributed by atoms with Crippen molar-refractivity contribution < 1.29 is 14.3 Å². The number of halogens is 1. The number of carbonyl (C=O) groups is 1. The summed E-state index contributed by atoms with van der Waals surface area (Å²) >= 11 is 1.02. The number of aromatic nitrogens is 2. The van der Waals surface area contributed by atoms with Crippen LogP contribution in [0.5, 0.6) is 0 Å². The maximum absolute atomic E-state index is 13.7. The van der Waals surface area contributed by atoms with Gasteiger partial charge in [-0.2, -0.15) is 5.26 Å². The molecule has 0 saturated carbocycles. The molecule has 1 atom stereocenters. The highest BCUT2D eigenvalue weighted by Crippen LogP contribution is 2.30. The average molecular weight is 382 g/mol. The molecular weight excluding hydrogens is 367 g/mol. The summed E-state index contributed by atoms with van der Waals surface area (Å²) in [6, 6.07) is 13.0. The van der Waals surface area contributed by atoms with E-state index >= 15 is 0 Å². The minimum atomic E-state index is -0.952. The molecule has 1 aromatic heterocycles. The molecule has 0 amide bonds. The molecule has 136 valence electrons. The van der Waals surface area contributed by atoms with Gasteiger partial charge in [-0.3, -0.25) is 4.79 Å². The number of thioether (sulfide) groups is 1. The predicted molar refractivity (Wildman–Crippen MR) is 102 cm³/mol. The Bertz CT molecular complexity index is 1030. The van der Waals surface area contributed by atoms with Crippen molar-refractivity contribution in [1.82, 2.24) is 9.97 Å². The summed E-state index contributed by atoms with van der Waals surface area (Å²) in [6.07, 6.45) is 0.406. The molecule has 0 aliphatic heterocycles. The van der Waals surface area contributed by atoms with Gasteiger partial charge >= 0.3 is 5.97 Å². The minimum Gasteiger partial charge on any atom is -0.480 e. The summed E-state index contributed by atoms with van der Waals surface area (Å²) in [4.78, 5) is 20.0. The van der Waals surface area contributed by atoms with Gasteiger partial charge in [-0.1, -0.05) is 18.7 Å². The molecule has 2 N–H and O–H groups in total. The van der Waals surface area contributed by atoms with Crippen LogP contribution in [-0.4, -0.2) is 26.3 Å². The van der Waals surface area contributed by atoms with E-state index < -0.39 is 17.0 Å². The molecule has 0 aliphatic carbocycles. The van der Waals surface area contributed by atoms with Crippen molar-refractivity contribution in [2.75, 3.05) is 5.32 Å². The van der Waals surface area contributed by atoms with Gasteiger partial charge in [-0.05, 0) is 42.8 Å². The van der Waals surface area contributed by atoms with E-state index in [1.807, 2.05) is 6.07 Å². The third-order valence-electron chi connectivity index (χ3n) is 3.81. The van der Waals surface area contributed by atoms with Gasteiger partial charge in [0.1, 0.15) is 16.9 Å². The molecule has 8 heteroatoms. The van der Waals surface area contributed by atoms with Crippen molar-refractivity contribution in [2.24, 2.45) is 0 Å². The van der Waals surface area contributed by atoms with E-state index in [0.717, 1.165) is 11.8 Å². The van der Waals surface area contributed by atoms with Crippen molar-refractivity contribution in [3.05, 3.63) is 53.8 Å². The van der Waals surface area contributed by atoms with Crippen LogP contribution in [0.15, 0.2) is 47.6 Å². The number of hydrogen-bond donors (Lipinski definition) is 2. The standard InChI is InChI=1S/C19H15FN4O2S/c1-2-16(18(25)26)27-19-23-15-9-12(20)5-8-14(15)17(24-19)22-13-6-3-11(10-21)4-7-13/h3-9,16H,2H2,1H3,(H,25,26)(H,22,23,24). The van der Waals surface area contributed by atoms with Gasteiger partial charge in [-0.15, -0.1) is 0 Å². The molecule has 0 saturated heterocycles. The lowest BCUT2D eigenvalue weighted by Gasteiger charge is -2.13. The number of carboxylic acids is 1. The van der Waals surface area contributed by atoms with Crippen molar-refractivity contribution >= 4 is 40.1 Å². The molecule has 0 radical (unpaired) electrons. The lowest BCUT2D eigenvalue weighted by molar-refractivity contribution is -0.136. The number of hydrogen-bond acceptors (Lipinski definition) is 6. The van der Waals surface area contributed by atoms with Crippen LogP contribution in [0.25, 0.3) is 10.9 Å². The third kappa shape index (κ3) is 4.33. The van der Waals surface area contributed by atoms with E-state index in [0.29, 0.717) is 34.4 Å². The maximum Gasteiger partial charge on any atom is 0.317 e.